The molecular weight excluding hydrogens is 236 g/mol. The van der Waals surface area contributed by atoms with Crippen LogP contribution in [-0.4, -0.2) is 4.57 Å². The number of benzene rings is 2. The zero-order chi connectivity index (χ0) is 13.2. The van der Waals surface area contributed by atoms with Crippen molar-refractivity contribution in [2.24, 2.45) is 7.05 Å². The molecule has 3 aromatic rings. The lowest BCUT2D eigenvalue weighted by Gasteiger charge is -2.12. The van der Waals surface area contributed by atoms with Gasteiger partial charge in [-0.25, -0.2) is 0 Å². The maximum atomic E-state index is 12.0. The van der Waals surface area contributed by atoms with Crippen molar-refractivity contribution in [1.82, 2.24) is 4.57 Å². The molecule has 3 nitrogen and oxygen atoms in total. The van der Waals surface area contributed by atoms with E-state index in [1.54, 1.807) is 17.7 Å². The number of anilines is 2. The van der Waals surface area contributed by atoms with Crippen LogP contribution in [0.25, 0.3) is 10.9 Å². The number of para-hydroxylation sites is 2. The molecule has 0 amide bonds. The molecule has 1 heterocycles. The standard InChI is InChI=1S/C16H14N2O/c1-18-15-10-6-5-9-13(15)14(11-16(18)19)17-12-7-3-2-4-8-12/h2-11,17H,1H3. The summed E-state index contributed by atoms with van der Waals surface area (Å²) in [5.41, 5.74) is 2.72. The third-order valence-corrected chi connectivity index (χ3v) is 3.21. The van der Waals surface area contributed by atoms with Crippen molar-refractivity contribution in [3.8, 4) is 0 Å². The highest BCUT2D eigenvalue weighted by atomic mass is 16.1. The monoisotopic (exact) mass is 250 g/mol. The number of hydrogen-bond acceptors (Lipinski definition) is 2. The van der Waals surface area contributed by atoms with Crippen molar-refractivity contribution in [2.75, 3.05) is 5.32 Å². The number of rotatable bonds is 2. The van der Waals surface area contributed by atoms with E-state index in [0.29, 0.717) is 0 Å². The molecule has 2 aromatic carbocycles. The summed E-state index contributed by atoms with van der Waals surface area (Å²) in [6.45, 7) is 0. The molecular formula is C16H14N2O. The van der Waals surface area contributed by atoms with Crippen LogP contribution in [0.4, 0.5) is 11.4 Å². The Morgan fingerprint density at radius 2 is 1.63 bits per heavy atom. The van der Waals surface area contributed by atoms with E-state index >= 15 is 0 Å². The Labute approximate surface area is 111 Å². The predicted molar refractivity (Wildman–Crippen MR) is 78.9 cm³/mol. The summed E-state index contributed by atoms with van der Waals surface area (Å²) in [5.74, 6) is 0. The lowest BCUT2D eigenvalue weighted by Crippen LogP contribution is -2.16. The summed E-state index contributed by atoms with van der Waals surface area (Å²) in [6, 6.07) is 19.4. The van der Waals surface area contributed by atoms with Crippen molar-refractivity contribution in [3.63, 3.8) is 0 Å². The van der Waals surface area contributed by atoms with Crippen LogP contribution in [0.5, 0.6) is 0 Å². The van der Waals surface area contributed by atoms with E-state index < -0.39 is 0 Å². The van der Waals surface area contributed by atoms with E-state index in [-0.39, 0.29) is 5.56 Å². The second-order valence-corrected chi connectivity index (χ2v) is 4.46. The third-order valence-electron chi connectivity index (χ3n) is 3.21. The quantitative estimate of drug-likeness (QED) is 0.757. The Morgan fingerprint density at radius 1 is 0.947 bits per heavy atom. The van der Waals surface area contributed by atoms with Gasteiger partial charge in [-0.3, -0.25) is 4.79 Å². The third kappa shape index (κ3) is 2.10. The van der Waals surface area contributed by atoms with Gasteiger partial charge in [0, 0.05) is 24.2 Å². The Kier molecular flexibility index (Phi) is 2.80. The number of nitrogens with one attached hydrogen (secondary N) is 1. The largest absolute Gasteiger partial charge is 0.355 e. The molecule has 1 N–H and O–H groups in total. The van der Waals surface area contributed by atoms with Crippen molar-refractivity contribution < 1.29 is 0 Å². The van der Waals surface area contributed by atoms with Gasteiger partial charge in [0.15, 0.2) is 0 Å². The Balaban J connectivity index is 2.19. The second-order valence-electron chi connectivity index (χ2n) is 4.46. The molecule has 0 saturated heterocycles. The minimum Gasteiger partial charge on any atom is -0.355 e. The Hall–Kier alpha value is -2.55. The van der Waals surface area contributed by atoms with E-state index in [9.17, 15) is 4.79 Å². The van der Waals surface area contributed by atoms with Crippen LogP contribution >= 0.6 is 0 Å². The topological polar surface area (TPSA) is 34.0 Å². The molecule has 0 bridgehead atoms. The number of nitrogens with zero attached hydrogens (tertiary/aromatic N) is 1. The maximum absolute atomic E-state index is 12.0. The van der Waals surface area contributed by atoms with Crippen LogP contribution in [0, 0.1) is 0 Å². The van der Waals surface area contributed by atoms with Gasteiger partial charge in [-0.15, -0.1) is 0 Å². The highest BCUT2D eigenvalue weighted by molar-refractivity contribution is 5.93. The van der Waals surface area contributed by atoms with E-state index in [2.05, 4.69) is 5.32 Å². The van der Waals surface area contributed by atoms with Crippen molar-refractivity contribution in [3.05, 3.63) is 71.0 Å². The number of aromatic nitrogens is 1. The molecule has 0 unspecified atom stereocenters. The molecule has 0 fully saturated rings. The molecule has 0 spiro atoms. The highest BCUT2D eigenvalue weighted by Gasteiger charge is 2.05. The first kappa shape index (κ1) is 11.5. The number of aryl methyl sites for hydroxylation is 1. The molecule has 3 heteroatoms. The van der Waals surface area contributed by atoms with Gasteiger partial charge in [0.25, 0.3) is 5.56 Å². The van der Waals surface area contributed by atoms with Gasteiger partial charge in [-0.2, -0.15) is 0 Å². The molecule has 0 saturated carbocycles. The van der Waals surface area contributed by atoms with Crippen LogP contribution < -0.4 is 10.9 Å². The first-order valence-corrected chi connectivity index (χ1v) is 6.16. The summed E-state index contributed by atoms with van der Waals surface area (Å²) in [4.78, 5) is 12.0. The molecule has 0 aliphatic heterocycles. The molecule has 0 aliphatic carbocycles. The van der Waals surface area contributed by atoms with Gasteiger partial charge < -0.3 is 9.88 Å². The molecule has 1 aromatic heterocycles. The predicted octanol–water partition coefficient (Wildman–Crippen LogP) is 3.28. The minimum atomic E-state index is -0.0165. The van der Waals surface area contributed by atoms with Gasteiger partial charge in [0.05, 0.1) is 11.2 Å². The lowest BCUT2D eigenvalue weighted by molar-refractivity contribution is 0.907. The molecule has 94 valence electrons. The highest BCUT2D eigenvalue weighted by Crippen LogP contribution is 2.24. The fourth-order valence-corrected chi connectivity index (χ4v) is 2.19. The average Bonchev–Trinajstić information content (AvgIpc) is 2.46. The lowest BCUT2D eigenvalue weighted by atomic mass is 10.1. The van der Waals surface area contributed by atoms with E-state index in [4.69, 9.17) is 0 Å². The summed E-state index contributed by atoms with van der Waals surface area (Å²) in [6.07, 6.45) is 0. The van der Waals surface area contributed by atoms with Gasteiger partial charge >= 0.3 is 0 Å². The smallest absolute Gasteiger partial charge is 0.252 e. The van der Waals surface area contributed by atoms with Crippen molar-refractivity contribution in [2.45, 2.75) is 0 Å². The molecule has 0 atom stereocenters. The molecule has 0 aliphatic rings. The van der Waals surface area contributed by atoms with E-state index in [1.165, 1.54) is 0 Å². The summed E-state index contributed by atoms with van der Waals surface area (Å²) >= 11 is 0. The van der Waals surface area contributed by atoms with Crippen LogP contribution in [0.1, 0.15) is 0 Å². The molecule has 3 rings (SSSR count). The van der Waals surface area contributed by atoms with Crippen LogP contribution in [0.2, 0.25) is 0 Å². The number of fused-ring (bicyclic) bond motifs is 1. The number of pyridine rings is 1. The summed E-state index contributed by atoms with van der Waals surface area (Å²) in [7, 11) is 1.79. The van der Waals surface area contributed by atoms with Gasteiger partial charge in [0.2, 0.25) is 0 Å². The zero-order valence-corrected chi connectivity index (χ0v) is 10.6. The van der Waals surface area contributed by atoms with Gasteiger partial charge in [-0.1, -0.05) is 36.4 Å². The molecule has 0 radical (unpaired) electrons. The summed E-state index contributed by atoms with van der Waals surface area (Å²) < 4.78 is 1.66. The van der Waals surface area contributed by atoms with Crippen molar-refractivity contribution >= 4 is 22.3 Å². The van der Waals surface area contributed by atoms with Crippen LogP contribution in [0.3, 0.4) is 0 Å². The van der Waals surface area contributed by atoms with Crippen LogP contribution in [0.15, 0.2) is 65.5 Å². The first-order valence-electron chi connectivity index (χ1n) is 6.16. The normalized spacial score (nSPS) is 10.6. The van der Waals surface area contributed by atoms with Gasteiger partial charge in [0.1, 0.15) is 0 Å². The Morgan fingerprint density at radius 3 is 2.42 bits per heavy atom. The summed E-state index contributed by atoms with van der Waals surface area (Å²) in [5, 5.41) is 4.34. The zero-order valence-electron chi connectivity index (χ0n) is 10.6. The second kappa shape index (κ2) is 4.61. The SMILES string of the molecule is Cn1c(=O)cc(Nc2ccccc2)c2ccccc21. The van der Waals surface area contributed by atoms with Gasteiger partial charge in [-0.05, 0) is 18.2 Å². The number of hydrogen-bond donors (Lipinski definition) is 1. The molecule has 19 heavy (non-hydrogen) atoms. The maximum Gasteiger partial charge on any atom is 0.252 e. The fourth-order valence-electron chi connectivity index (χ4n) is 2.19. The van der Waals surface area contributed by atoms with E-state index in [1.807, 2.05) is 54.6 Å². The fraction of sp³-hybridized carbons (Fsp3) is 0.0625. The minimum absolute atomic E-state index is 0.0165. The Bertz CT molecular complexity index is 776. The van der Waals surface area contributed by atoms with Crippen LogP contribution in [-0.2, 0) is 7.05 Å². The average molecular weight is 250 g/mol. The first-order chi connectivity index (χ1) is 9.25. The van der Waals surface area contributed by atoms with E-state index in [0.717, 1.165) is 22.3 Å². The van der Waals surface area contributed by atoms with Crippen molar-refractivity contribution in [1.29, 1.82) is 0 Å².